The molecule has 2 heterocycles. The Morgan fingerprint density at radius 2 is 2.03 bits per heavy atom. The molecule has 5 nitrogen and oxygen atoms in total. The van der Waals surface area contributed by atoms with Gasteiger partial charge in [0.25, 0.3) is 10.9 Å². The highest BCUT2D eigenvalue weighted by Gasteiger charge is 2.53. The van der Waals surface area contributed by atoms with Gasteiger partial charge in [-0.3, -0.25) is 4.79 Å². The van der Waals surface area contributed by atoms with Gasteiger partial charge in [-0.05, 0) is 45.8 Å². The summed E-state index contributed by atoms with van der Waals surface area (Å²) in [6.45, 7) is 0.899. The summed E-state index contributed by atoms with van der Waals surface area (Å²) in [5.74, 6) is -1.94. The van der Waals surface area contributed by atoms with Gasteiger partial charge in [-0.25, -0.2) is 22.2 Å². The van der Waals surface area contributed by atoms with Crippen LogP contribution in [0, 0.1) is 5.82 Å². The van der Waals surface area contributed by atoms with E-state index in [1.165, 1.54) is 24.4 Å². The first-order chi connectivity index (χ1) is 15.5. The van der Waals surface area contributed by atoms with Gasteiger partial charge in [-0.15, -0.1) is 11.3 Å². The van der Waals surface area contributed by atoms with Crippen molar-refractivity contribution >= 4 is 54.6 Å². The number of rotatable bonds is 4. The van der Waals surface area contributed by atoms with Gasteiger partial charge in [-0.2, -0.15) is 0 Å². The van der Waals surface area contributed by atoms with Crippen LogP contribution in [0.1, 0.15) is 38.6 Å². The minimum atomic E-state index is -4.25. The molecule has 0 unspecified atom stereocenters. The van der Waals surface area contributed by atoms with Crippen molar-refractivity contribution in [1.29, 1.82) is 0 Å². The molecule has 1 aliphatic rings. The second-order valence-corrected chi connectivity index (χ2v) is 12.3. The smallest absolute Gasteiger partial charge is 0.278 e. The van der Waals surface area contributed by atoms with Gasteiger partial charge >= 0.3 is 0 Å². The number of nitrogens with zero attached hydrogens (tertiary/aromatic N) is 2. The molecule has 2 aromatic carbocycles. The van der Waals surface area contributed by atoms with Crippen molar-refractivity contribution < 1.29 is 22.0 Å². The number of amides is 1. The van der Waals surface area contributed by atoms with Gasteiger partial charge in [0.1, 0.15) is 10.8 Å². The zero-order valence-corrected chi connectivity index (χ0v) is 21.2. The largest absolute Gasteiger partial charge is 0.333 e. The number of halogens is 4. The minimum Gasteiger partial charge on any atom is -0.333 e. The lowest BCUT2D eigenvalue weighted by Gasteiger charge is -2.35. The molecule has 1 aromatic heterocycles. The van der Waals surface area contributed by atoms with Crippen molar-refractivity contribution in [3.63, 3.8) is 0 Å². The van der Waals surface area contributed by atoms with Crippen molar-refractivity contribution in [2.24, 2.45) is 0 Å². The van der Waals surface area contributed by atoms with Gasteiger partial charge in [0, 0.05) is 33.6 Å². The monoisotopic (exact) mass is 574 g/mol. The first-order valence-electron chi connectivity index (χ1n) is 9.89. The molecule has 0 N–H and O–H groups in total. The van der Waals surface area contributed by atoms with Crippen LogP contribution in [-0.4, -0.2) is 43.1 Å². The molecule has 0 radical (unpaired) electrons. The molecular weight excluding hydrogens is 558 g/mol. The van der Waals surface area contributed by atoms with E-state index in [1.807, 2.05) is 0 Å². The number of hydrogen-bond acceptors (Lipinski definition) is 5. The van der Waals surface area contributed by atoms with E-state index in [-0.39, 0.29) is 17.1 Å². The zero-order chi connectivity index (χ0) is 24.0. The fourth-order valence-corrected chi connectivity index (χ4v) is 6.98. The van der Waals surface area contributed by atoms with Crippen molar-refractivity contribution in [3.05, 3.63) is 85.0 Å². The fourth-order valence-electron chi connectivity index (χ4n) is 3.64. The van der Waals surface area contributed by atoms with Crippen LogP contribution in [0.25, 0.3) is 0 Å². The quantitative estimate of drug-likeness (QED) is 0.410. The summed E-state index contributed by atoms with van der Waals surface area (Å²) in [5.41, 5.74) is 0.619. The number of sulfone groups is 1. The molecule has 0 saturated carbocycles. The Hall–Kier alpha value is -1.88. The fraction of sp³-hybridized carbons (Fsp3) is 0.273. The van der Waals surface area contributed by atoms with Gasteiger partial charge in [-0.1, -0.05) is 36.7 Å². The number of thiazole rings is 1. The molecular formula is C22H18BrClF2N2O3S2. The van der Waals surface area contributed by atoms with E-state index in [0.29, 0.717) is 19.9 Å². The van der Waals surface area contributed by atoms with Crippen molar-refractivity contribution in [2.75, 3.05) is 18.8 Å². The van der Waals surface area contributed by atoms with E-state index in [2.05, 4.69) is 20.9 Å². The third-order valence-electron chi connectivity index (χ3n) is 5.61. The Balaban J connectivity index is 1.65. The maximum atomic E-state index is 16.2. The van der Waals surface area contributed by atoms with Crippen LogP contribution in [0.3, 0.4) is 0 Å². The van der Waals surface area contributed by atoms with Crippen molar-refractivity contribution in [1.82, 2.24) is 9.88 Å². The van der Waals surface area contributed by atoms with Crippen LogP contribution in [0.2, 0.25) is 5.02 Å². The van der Waals surface area contributed by atoms with Crippen LogP contribution in [-0.2, 0) is 14.8 Å². The highest BCUT2D eigenvalue weighted by Crippen LogP contribution is 2.41. The lowest BCUT2D eigenvalue weighted by Crippen LogP contribution is -2.53. The number of hydrogen-bond donors (Lipinski definition) is 0. The normalized spacial score (nSPS) is 21.1. The molecule has 1 aliphatic heterocycles. The third kappa shape index (κ3) is 4.45. The van der Waals surface area contributed by atoms with Crippen LogP contribution < -0.4 is 0 Å². The SMILES string of the molecule is C[C@@H](c1cnc([C@@]2(F)CN(C(=O)c3ccc(Br)c(Cl)c3)CCS2(=O)=O)s1)c1ccccc1F. The first-order valence-corrected chi connectivity index (χ1v) is 13.5. The summed E-state index contributed by atoms with van der Waals surface area (Å²) in [5, 5.41) is -2.83. The molecule has 174 valence electrons. The number of benzene rings is 2. The van der Waals surface area contributed by atoms with E-state index in [9.17, 15) is 17.6 Å². The second kappa shape index (κ2) is 9.05. The molecule has 2 atom stereocenters. The van der Waals surface area contributed by atoms with E-state index in [1.54, 1.807) is 31.2 Å². The maximum Gasteiger partial charge on any atom is 0.278 e. The van der Waals surface area contributed by atoms with E-state index in [0.717, 1.165) is 16.2 Å². The predicted octanol–water partition coefficient (Wildman–Crippen LogP) is 5.54. The van der Waals surface area contributed by atoms with E-state index >= 15 is 4.39 Å². The van der Waals surface area contributed by atoms with Crippen molar-refractivity contribution in [2.45, 2.75) is 17.8 Å². The Kier molecular flexibility index (Phi) is 6.65. The molecule has 4 rings (SSSR count). The molecule has 1 saturated heterocycles. The average Bonchev–Trinajstić information content (AvgIpc) is 3.28. The number of carbonyl (C=O) groups is 1. The first kappa shape index (κ1) is 24.3. The Labute approximate surface area is 207 Å². The van der Waals surface area contributed by atoms with Crippen LogP contribution in [0.15, 0.2) is 53.1 Å². The predicted molar refractivity (Wildman–Crippen MR) is 128 cm³/mol. The summed E-state index contributed by atoms with van der Waals surface area (Å²) < 4.78 is 56.5. The maximum absolute atomic E-state index is 16.2. The second-order valence-electron chi connectivity index (χ2n) is 7.71. The molecule has 0 aliphatic carbocycles. The molecule has 33 heavy (non-hydrogen) atoms. The summed E-state index contributed by atoms with van der Waals surface area (Å²) in [6.07, 6.45) is 1.36. The Morgan fingerprint density at radius 3 is 2.73 bits per heavy atom. The lowest BCUT2D eigenvalue weighted by atomic mass is 10.00. The Bertz CT molecular complexity index is 1330. The zero-order valence-electron chi connectivity index (χ0n) is 17.3. The van der Waals surface area contributed by atoms with Gasteiger partial charge in [0.15, 0.2) is 9.84 Å². The number of alkyl halides is 1. The highest BCUT2D eigenvalue weighted by atomic mass is 79.9. The summed E-state index contributed by atoms with van der Waals surface area (Å²) in [7, 11) is -4.25. The van der Waals surface area contributed by atoms with E-state index < -0.39 is 44.8 Å². The molecule has 1 fully saturated rings. The van der Waals surface area contributed by atoms with Crippen LogP contribution >= 0.6 is 38.9 Å². The number of carbonyl (C=O) groups excluding carboxylic acids is 1. The standard InChI is InChI=1S/C22H18BrClF2N2O3S2/c1-13(15-4-2-3-5-18(15)25)19-11-27-21(32-19)22(26)12-28(8-9-33(22,30)31)20(29)14-6-7-16(23)17(24)10-14/h2-7,10-11,13H,8-9,12H2,1H3/t13-,22-/m1/s1. The van der Waals surface area contributed by atoms with E-state index in [4.69, 9.17) is 11.6 Å². The topological polar surface area (TPSA) is 67.3 Å². The van der Waals surface area contributed by atoms with Crippen LogP contribution in [0.4, 0.5) is 8.78 Å². The molecule has 3 aromatic rings. The lowest BCUT2D eigenvalue weighted by molar-refractivity contribution is 0.0666. The summed E-state index contributed by atoms with van der Waals surface area (Å²) in [4.78, 5) is 18.7. The van der Waals surface area contributed by atoms with Gasteiger partial charge < -0.3 is 4.90 Å². The molecule has 0 bridgehead atoms. The molecule has 1 amide bonds. The minimum absolute atomic E-state index is 0.148. The third-order valence-corrected chi connectivity index (χ3v) is 10.3. The highest BCUT2D eigenvalue weighted by molar-refractivity contribution is 9.10. The van der Waals surface area contributed by atoms with Gasteiger partial charge in [0.2, 0.25) is 0 Å². The van der Waals surface area contributed by atoms with Crippen molar-refractivity contribution in [3.8, 4) is 0 Å². The summed E-state index contributed by atoms with van der Waals surface area (Å²) >= 11 is 10.2. The Morgan fingerprint density at radius 1 is 1.30 bits per heavy atom. The average molecular weight is 576 g/mol. The van der Waals surface area contributed by atoms with Gasteiger partial charge in [0.05, 0.1) is 17.3 Å². The molecule has 0 spiro atoms. The summed E-state index contributed by atoms with van der Waals surface area (Å²) in [6, 6.07) is 10.8. The van der Waals surface area contributed by atoms with Crippen LogP contribution in [0.5, 0.6) is 0 Å². The number of aromatic nitrogens is 1. The molecule has 11 heteroatoms.